The molecule has 2 saturated carbocycles. The average Bonchev–Trinajstić information content (AvgIpc) is 3.31. The van der Waals surface area contributed by atoms with Gasteiger partial charge in [-0.2, -0.15) is 0 Å². The van der Waals surface area contributed by atoms with E-state index >= 15 is 0 Å². The Morgan fingerprint density at radius 2 is 1.89 bits per heavy atom. The number of carbonyl (C=O) groups excluding carboxylic acids is 1. The largest absolute Gasteiger partial charge is 0.330 e. The molecule has 2 aliphatic carbocycles. The van der Waals surface area contributed by atoms with Crippen LogP contribution in [0.25, 0.3) is 0 Å². The molecule has 1 aromatic rings. The third-order valence-corrected chi connectivity index (χ3v) is 4.56. The first-order valence-electron chi connectivity index (χ1n) is 7.34. The fourth-order valence-corrected chi connectivity index (χ4v) is 3.29. The fraction of sp³-hybridized carbons (Fsp3) is 0.714. The van der Waals surface area contributed by atoms with E-state index in [0.29, 0.717) is 18.5 Å². The molecule has 5 heteroatoms. The van der Waals surface area contributed by atoms with Crippen LogP contribution in [0.3, 0.4) is 0 Å². The van der Waals surface area contributed by atoms with Crippen molar-refractivity contribution < 1.29 is 4.79 Å². The second kappa shape index (κ2) is 4.07. The third-order valence-electron chi connectivity index (χ3n) is 4.56. The van der Waals surface area contributed by atoms with Gasteiger partial charge in [-0.05, 0) is 32.1 Å². The first-order chi connectivity index (χ1) is 9.25. The van der Waals surface area contributed by atoms with Gasteiger partial charge in [0.25, 0.3) is 0 Å². The number of amides is 1. The Bertz CT molecular complexity index is 503. The standard InChI is InChI=1S/C14H20N4O/c15-11-5-6-13(19)18(10-3-4-10)14(11)12-7-16-8-17(12)9-1-2-9/h7-11,14H,1-6,15H2. The summed E-state index contributed by atoms with van der Waals surface area (Å²) < 4.78 is 2.25. The van der Waals surface area contributed by atoms with Crippen molar-refractivity contribution in [3.8, 4) is 0 Å². The van der Waals surface area contributed by atoms with E-state index in [1.807, 2.05) is 12.5 Å². The van der Waals surface area contributed by atoms with Crippen molar-refractivity contribution in [1.29, 1.82) is 0 Å². The number of imidazole rings is 1. The highest BCUT2D eigenvalue weighted by atomic mass is 16.2. The number of piperidine rings is 1. The van der Waals surface area contributed by atoms with E-state index < -0.39 is 0 Å². The molecule has 5 nitrogen and oxygen atoms in total. The van der Waals surface area contributed by atoms with Gasteiger partial charge in [-0.3, -0.25) is 4.79 Å². The van der Waals surface area contributed by atoms with Crippen LogP contribution in [0, 0.1) is 0 Å². The average molecular weight is 260 g/mol. The van der Waals surface area contributed by atoms with Gasteiger partial charge >= 0.3 is 0 Å². The topological polar surface area (TPSA) is 64.2 Å². The Morgan fingerprint density at radius 1 is 1.16 bits per heavy atom. The quantitative estimate of drug-likeness (QED) is 0.892. The normalized spacial score (nSPS) is 31.8. The zero-order valence-corrected chi connectivity index (χ0v) is 11.0. The lowest BCUT2D eigenvalue weighted by atomic mass is 9.93. The van der Waals surface area contributed by atoms with Crippen molar-refractivity contribution in [2.75, 3.05) is 0 Å². The highest BCUT2D eigenvalue weighted by Crippen LogP contribution is 2.43. The molecule has 2 atom stereocenters. The predicted molar refractivity (Wildman–Crippen MR) is 70.3 cm³/mol. The number of nitrogens with two attached hydrogens (primary N) is 1. The molecule has 1 amide bonds. The van der Waals surface area contributed by atoms with Crippen LogP contribution in [0.15, 0.2) is 12.5 Å². The van der Waals surface area contributed by atoms with Gasteiger partial charge < -0.3 is 15.2 Å². The Balaban J connectivity index is 1.72. The van der Waals surface area contributed by atoms with Gasteiger partial charge in [-0.1, -0.05) is 0 Å². The zero-order chi connectivity index (χ0) is 13.0. The van der Waals surface area contributed by atoms with Crippen LogP contribution in [0.1, 0.15) is 56.3 Å². The molecule has 1 saturated heterocycles. The molecule has 3 aliphatic rings. The van der Waals surface area contributed by atoms with E-state index in [1.54, 1.807) is 0 Å². The highest BCUT2D eigenvalue weighted by molar-refractivity contribution is 5.78. The van der Waals surface area contributed by atoms with Gasteiger partial charge in [-0.25, -0.2) is 4.98 Å². The second-order valence-corrected chi connectivity index (χ2v) is 6.14. The molecule has 0 radical (unpaired) electrons. The number of carbonyl (C=O) groups is 1. The molecule has 1 aromatic heterocycles. The monoisotopic (exact) mass is 260 g/mol. The number of hydrogen-bond donors (Lipinski definition) is 1. The zero-order valence-electron chi connectivity index (χ0n) is 11.0. The highest BCUT2D eigenvalue weighted by Gasteiger charge is 2.44. The van der Waals surface area contributed by atoms with E-state index in [2.05, 4.69) is 14.5 Å². The molecular formula is C14H20N4O. The molecule has 2 N–H and O–H groups in total. The van der Waals surface area contributed by atoms with Crippen LogP contribution in [0.5, 0.6) is 0 Å². The number of likely N-dealkylation sites (tertiary alicyclic amines) is 1. The first-order valence-corrected chi connectivity index (χ1v) is 7.34. The van der Waals surface area contributed by atoms with Crippen molar-refractivity contribution in [2.45, 2.75) is 62.7 Å². The Labute approximate surface area is 112 Å². The summed E-state index contributed by atoms with van der Waals surface area (Å²) in [6.07, 6.45) is 9.93. The lowest BCUT2D eigenvalue weighted by Crippen LogP contribution is -2.50. The molecule has 1 aliphatic heterocycles. The van der Waals surface area contributed by atoms with Crippen molar-refractivity contribution >= 4 is 5.91 Å². The van der Waals surface area contributed by atoms with Crippen LogP contribution in [0.4, 0.5) is 0 Å². The predicted octanol–water partition coefficient (Wildman–Crippen LogP) is 1.37. The smallest absolute Gasteiger partial charge is 0.223 e. The van der Waals surface area contributed by atoms with Crippen LogP contribution in [0.2, 0.25) is 0 Å². The summed E-state index contributed by atoms with van der Waals surface area (Å²) in [5, 5.41) is 0. The third kappa shape index (κ3) is 1.87. The van der Waals surface area contributed by atoms with Crippen LogP contribution >= 0.6 is 0 Å². The summed E-state index contributed by atoms with van der Waals surface area (Å²) in [5.74, 6) is 0.276. The first kappa shape index (κ1) is 11.5. The lowest BCUT2D eigenvalue weighted by molar-refractivity contribution is -0.138. The summed E-state index contributed by atoms with van der Waals surface area (Å²) in [4.78, 5) is 18.6. The number of nitrogens with zero attached hydrogens (tertiary/aromatic N) is 3. The molecule has 2 unspecified atom stereocenters. The minimum Gasteiger partial charge on any atom is -0.330 e. The van der Waals surface area contributed by atoms with Crippen LogP contribution < -0.4 is 5.73 Å². The van der Waals surface area contributed by atoms with E-state index in [1.165, 1.54) is 12.8 Å². The maximum Gasteiger partial charge on any atom is 0.223 e. The molecule has 3 fully saturated rings. The van der Waals surface area contributed by atoms with Gasteiger partial charge in [-0.15, -0.1) is 0 Å². The van der Waals surface area contributed by atoms with Crippen molar-refractivity contribution in [1.82, 2.24) is 14.5 Å². The van der Waals surface area contributed by atoms with E-state index in [0.717, 1.165) is 25.0 Å². The summed E-state index contributed by atoms with van der Waals surface area (Å²) >= 11 is 0. The molecule has 0 spiro atoms. The lowest BCUT2D eigenvalue weighted by Gasteiger charge is -2.40. The van der Waals surface area contributed by atoms with Crippen molar-refractivity contribution in [3.63, 3.8) is 0 Å². The van der Waals surface area contributed by atoms with E-state index in [9.17, 15) is 4.79 Å². The number of rotatable bonds is 3. The van der Waals surface area contributed by atoms with E-state index in [4.69, 9.17) is 5.73 Å². The van der Waals surface area contributed by atoms with Crippen molar-refractivity contribution in [2.24, 2.45) is 5.73 Å². The maximum atomic E-state index is 12.3. The fourth-order valence-electron chi connectivity index (χ4n) is 3.29. The summed E-state index contributed by atoms with van der Waals surface area (Å²) in [6, 6.07) is 1.10. The van der Waals surface area contributed by atoms with Gasteiger partial charge in [0.1, 0.15) is 0 Å². The Morgan fingerprint density at radius 3 is 2.58 bits per heavy atom. The summed E-state index contributed by atoms with van der Waals surface area (Å²) in [7, 11) is 0. The van der Waals surface area contributed by atoms with E-state index in [-0.39, 0.29) is 18.0 Å². The molecule has 0 bridgehead atoms. The number of hydrogen-bond acceptors (Lipinski definition) is 3. The summed E-state index contributed by atoms with van der Waals surface area (Å²) in [6.45, 7) is 0. The van der Waals surface area contributed by atoms with Crippen LogP contribution in [-0.2, 0) is 4.79 Å². The van der Waals surface area contributed by atoms with Crippen molar-refractivity contribution in [3.05, 3.63) is 18.2 Å². The Hall–Kier alpha value is -1.36. The minimum atomic E-state index is 0.0387. The second-order valence-electron chi connectivity index (χ2n) is 6.14. The molecule has 2 heterocycles. The Kier molecular flexibility index (Phi) is 2.45. The molecule has 102 valence electrons. The number of aromatic nitrogens is 2. The van der Waals surface area contributed by atoms with Gasteiger partial charge in [0.15, 0.2) is 0 Å². The molecular weight excluding hydrogens is 240 g/mol. The summed E-state index contributed by atoms with van der Waals surface area (Å²) in [5.41, 5.74) is 7.49. The van der Waals surface area contributed by atoms with Gasteiger partial charge in [0.05, 0.1) is 24.3 Å². The molecule has 0 aromatic carbocycles. The van der Waals surface area contributed by atoms with Crippen LogP contribution in [-0.4, -0.2) is 32.4 Å². The van der Waals surface area contributed by atoms with Gasteiger partial charge in [0, 0.05) is 24.5 Å². The van der Waals surface area contributed by atoms with Gasteiger partial charge in [0.2, 0.25) is 5.91 Å². The molecule has 4 rings (SSSR count). The maximum absolute atomic E-state index is 12.3. The minimum absolute atomic E-state index is 0.0387. The molecule has 19 heavy (non-hydrogen) atoms. The SMILES string of the molecule is NC1CCC(=O)N(C2CC2)C1c1cncn1C1CC1.